The first-order chi connectivity index (χ1) is 11.9. The van der Waals surface area contributed by atoms with Crippen LogP contribution in [0.3, 0.4) is 0 Å². The van der Waals surface area contributed by atoms with E-state index in [0.29, 0.717) is 11.6 Å². The maximum Gasteiger partial charge on any atom is 0.254 e. The number of aromatic nitrogens is 2. The lowest BCUT2D eigenvalue weighted by atomic mass is 10.2. The summed E-state index contributed by atoms with van der Waals surface area (Å²) in [5, 5.41) is 6.21. The molecule has 0 saturated carbocycles. The molecule has 0 spiro atoms. The van der Waals surface area contributed by atoms with Gasteiger partial charge in [-0.15, -0.1) is 0 Å². The number of carbonyl (C=O) groups is 1. The molecule has 3 aromatic rings. The van der Waals surface area contributed by atoms with Gasteiger partial charge in [-0.2, -0.15) is 4.98 Å². The van der Waals surface area contributed by atoms with Crippen molar-refractivity contribution in [1.82, 2.24) is 15.5 Å². The Morgan fingerprint density at radius 3 is 2.60 bits per heavy atom. The fourth-order valence-corrected chi connectivity index (χ4v) is 2.17. The van der Waals surface area contributed by atoms with Gasteiger partial charge in [-0.05, 0) is 31.2 Å². The van der Waals surface area contributed by atoms with Gasteiger partial charge in [0.25, 0.3) is 5.91 Å². The van der Waals surface area contributed by atoms with Crippen LogP contribution in [0.4, 0.5) is 13.2 Å². The number of hydrogen-bond acceptors (Lipinski definition) is 4. The van der Waals surface area contributed by atoms with Gasteiger partial charge in [0.2, 0.25) is 11.7 Å². The number of benzene rings is 2. The lowest BCUT2D eigenvalue weighted by Crippen LogP contribution is -2.27. The lowest BCUT2D eigenvalue weighted by molar-refractivity contribution is 0.0928. The van der Waals surface area contributed by atoms with Gasteiger partial charge in [0.05, 0.1) is 5.56 Å². The van der Waals surface area contributed by atoms with Crippen LogP contribution in [0.5, 0.6) is 0 Å². The van der Waals surface area contributed by atoms with E-state index in [1.54, 1.807) is 13.0 Å². The van der Waals surface area contributed by atoms with E-state index in [2.05, 4.69) is 15.5 Å². The highest BCUT2D eigenvalue weighted by Crippen LogP contribution is 2.20. The zero-order valence-electron chi connectivity index (χ0n) is 13.0. The molecule has 1 unspecified atom stereocenters. The summed E-state index contributed by atoms with van der Waals surface area (Å²) in [5.74, 6) is -2.74. The molecule has 1 heterocycles. The second-order valence-electron chi connectivity index (χ2n) is 5.29. The second-order valence-corrected chi connectivity index (χ2v) is 5.29. The summed E-state index contributed by atoms with van der Waals surface area (Å²) >= 11 is 0. The number of halogens is 3. The largest absolute Gasteiger partial charge is 0.340 e. The molecule has 0 aliphatic rings. The molecule has 0 radical (unpaired) electrons. The molecule has 1 aromatic heterocycles. The van der Waals surface area contributed by atoms with Gasteiger partial charge < -0.3 is 9.84 Å². The van der Waals surface area contributed by atoms with E-state index in [0.717, 1.165) is 12.1 Å². The molecule has 0 aliphatic heterocycles. The van der Waals surface area contributed by atoms with E-state index >= 15 is 0 Å². The van der Waals surface area contributed by atoms with Crippen molar-refractivity contribution in [1.29, 1.82) is 0 Å². The first-order valence-electron chi connectivity index (χ1n) is 7.29. The van der Waals surface area contributed by atoms with Crippen LogP contribution in [0, 0.1) is 17.5 Å². The summed E-state index contributed by atoms with van der Waals surface area (Å²) in [6.07, 6.45) is 0. The van der Waals surface area contributed by atoms with Crippen LogP contribution in [-0.4, -0.2) is 16.0 Å². The maximum absolute atomic E-state index is 13.6. The molecule has 5 nitrogen and oxygen atoms in total. The quantitative estimate of drug-likeness (QED) is 0.782. The molecule has 1 atom stereocenters. The minimum Gasteiger partial charge on any atom is -0.340 e. The Bertz CT molecular complexity index is 927. The third-order valence-electron chi connectivity index (χ3n) is 3.42. The molecule has 128 valence electrons. The van der Waals surface area contributed by atoms with Crippen molar-refractivity contribution in [3.63, 3.8) is 0 Å². The Hall–Kier alpha value is -3.16. The van der Waals surface area contributed by atoms with Crippen molar-refractivity contribution in [3.8, 4) is 11.4 Å². The zero-order valence-corrected chi connectivity index (χ0v) is 13.0. The van der Waals surface area contributed by atoms with Gasteiger partial charge in [-0.1, -0.05) is 17.3 Å². The number of amides is 1. The van der Waals surface area contributed by atoms with Crippen LogP contribution < -0.4 is 5.32 Å². The van der Waals surface area contributed by atoms with Crippen molar-refractivity contribution in [2.24, 2.45) is 0 Å². The van der Waals surface area contributed by atoms with Crippen molar-refractivity contribution in [2.75, 3.05) is 0 Å². The Balaban J connectivity index is 1.75. The van der Waals surface area contributed by atoms with Gasteiger partial charge >= 0.3 is 0 Å². The molecule has 0 bridgehead atoms. The monoisotopic (exact) mass is 347 g/mol. The number of rotatable bonds is 4. The van der Waals surface area contributed by atoms with E-state index < -0.39 is 29.4 Å². The topological polar surface area (TPSA) is 68.0 Å². The Morgan fingerprint density at radius 2 is 1.88 bits per heavy atom. The minimum atomic E-state index is -0.976. The van der Waals surface area contributed by atoms with E-state index in [9.17, 15) is 18.0 Å². The summed E-state index contributed by atoms with van der Waals surface area (Å²) in [7, 11) is 0. The summed E-state index contributed by atoms with van der Waals surface area (Å²) in [6.45, 7) is 1.56. The third kappa shape index (κ3) is 3.68. The molecule has 8 heteroatoms. The summed E-state index contributed by atoms with van der Waals surface area (Å²) in [5.41, 5.74) is 0.108. The van der Waals surface area contributed by atoms with Gasteiger partial charge in [-0.3, -0.25) is 4.79 Å². The fraction of sp³-hybridized carbons (Fsp3) is 0.118. The average molecular weight is 347 g/mol. The molecule has 0 aliphatic carbocycles. The first-order valence-corrected chi connectivity index (χ1v) is 7.29. The van der Waals surface area contributed by atoms with Crippen molar-refractivity contribution < 1.29 is 22.5 Å². The highest BCUT2D eigenvalue weighted by atomic mass is 19.1. The van der Waals surface area contributed by atoms with Crippen LogP contribution in [-0.2, 0) is 0 Å². The molecular formula is C17H12F3N3O2. The molecule has 1 amide bonds. The Kier molecular flexibility index (Phi) is 4.51. The number of hydrogen-bond donors (Lipinski definition) is 1. The molecule has 0 saturated heterocycles. The Morgan fingerprint density at radius 1 is 1.12 bits per heavy atom. The fourth-order valence-electron chi connectivity index (χ4n) is 2.17. The first kappa shape index (κ1) is 16.7. The normalized spacial score (nSPS) is 12.0. The highest BCUT2D eigenvalue weighted by Gasteiger charge is 2.20. The molecular weight excluding hydrogens is 335 g/mol. The van der Waals surface area contributed by atoms with Gasteiger partial charge in [0, 0.05) is 11.6 Å². The standard InChI is InChI=1S/C17H12F3N3O2/c1-9(21-16(24)13-6-5-12(19)8-14(13)20)17-22-15(23-25-17)10-3-2-4-11(18)7-10/h2-9H,1H3,(H,21,24). The van der Waals surface area contributed by atoms with Crippen LogP contribution in [0.15, 0.2) is 47.0 Å². The van der Waals surface area contributed by atoms with E-state index in [4.69, 9.17) is 4.52 Å². The molecule has 0 fully saturated rings. The van der Waals surface area contributed by atoms with Gasteiger partial charge in [0.15, 0.2) is 0 Å². The number of nitrogens with zero attached hydrogens (tertiary/aromatic N) is 2. The van der Waals surface area contributed by atoms with Crippen LogP contribution in [0.25, 0.3) is 11.4 Å². The van der Waals surface area contributed by atoms with E-state index in [1.165, 1.54) is 18.2 Å². The van der Waals surface area contributed by atoms with Crippen molar-refractivity contribution in [3.05, 3.63) is 71.4 Å². The SMILES string of the molecule is CC(NC(=O)c1ccc(F)cc1F)c1nc(-c2cccc(F)c2)no1. The van der Waals surface area contributed by atoms with Crippen molar-refractivity contribution >= 4 is 5.91 Å². The smallest absolute Gasteiger partial charge is 0.254 e. The van der Waals surface area contributed by atoms with Gasteiger partial charge in [0.1, 0.15) is 23.5 Å². The number of nitrogens with one attached hydrogen (secondary N) is 1. The lowest BCUT2D eigenvalue weighted by Gasteiger charge is -2.10. The van der Waals surface area contributed by atoms with E-state index in [1.807, 2.05) is 0 Å². The van der Waals surface area contributed by atoms with Crippen LogP contribution in [0.2, 0.25) is 0 Å². The summed E-state index contributed by atoms with van der Waals surface area (Å²) < 4.78 is 44.8. The van der Waals surface area contributed by atoms with Crippen molar-refractivity contribution in [2.45, 2.75) is 13.0 Å². The van der Waals surface area contributed by atoms with Crippen LogP contribution in [0.1, 0.15) is 29.2 Å². The highest BCUT2D eigenvalue weighted by molar-refractivity contribution is 5.94. The summed E-state index contributed by atoms with van der Waals surface area (Å²) in [6, 6.07) is 7.55. The van der Waals surface area contributed by atoms with Gasteiger partial charge in [-0.25, -0.2) is 13.2 Å². The predicted molar refractivity (Wildman–Crippen MR) is 81.9 cm³/mol. The Labute approximate surface area is 140 Å². The minimum absolute atomic E-state index is 0.0649. The van der Waals surface area contributed by atoms with Crippen LogP contribution >= 0.6 is 0 Å². The third-order valence-corrected chi connectivity index (χ3v) is 3.42. The second kappa shape index (κ2) is 6.76. The molecule has 3 rings (SSSR count). The maximum atomic E-state index is 13.6. The molecule has 25 heavy (non-hydrogen) atoms. The predicted octanol–water partition coefficient (Wildman–Crippen LogP) is 3.64. The average Bonchev–Trinajstić information content (AvgIpc) is 3.04. The van der Waals surface area contributed by atoms with E-state index in [-0.39, 0.29) is 17.3 Å². The zero-order chi connectivity index (χ0) is 18.0. The number of carbonyl (C=O) groups excluding carboxylic acids is 1. The molecule has 1 N–H and O–H groups in total. The molecule has 2 aromatic carbocycles. The summed E-state index contributed by atoms with van der Waals surface area (Å²) in [4.78, 5) is 16.2.